The van der Waals surface area contributed by atoms with Crippen molar-refractivity contribution in [1.29, 1.82) is 0 Å². The van der Waals surface area contributed by atoms with Gasteiger partial charge in [-0.25, -0.2) is 8.42 Å². The van der Waals surface area contributed by atoms with Crippen LogP contribution >= 0.6 is 0 Å². The number of ether oxygens (including phenoxy) is 1. The average Bonchev–Trinajstić information content (AvgIpc) is 3.03. The van der Waals surface area contributed by atoms with E-state index in [1.807, 2.05) is 44.2 Å². The Bertz CT molecular complexity index is 1410. The maximum Gasteiger partial charge on any atom is 0.264 e. The molecule has 9 heteroatoms. The van der Waals surface area contributed by atoms with Gasteiger partial charge in [0.05, 0.1) is 17.2 Å². The minimum absolute atomic E-state index is 0.0468. The minimum Gasteiger partial charge on any atom is -0.494 e. The largest absolute Gasteiger partial charge is 0.494 e. The number of carbonyl (C=O) groups is 2. The molecular weight excluding hydrogens is 562 g/mol. The molecule has 43 heavy (non-hydrogen) atoms. The van der Waals surface area contributed by atoms with Crippen molar-refractivity contribution in [2.45, 2.75) is 75.8 Å². The van der Waals surface area contributed by atoms with Crippen LogP contribution in [0.5, 0.6) is 5.75 Å². The summed E-state index contributed by atoms with van der Waals surface area (Å²) >= 11 is 0. The van der Waals surface area contributed by atoms with Gasteiger partial charge in [0.2, 0.25) is 11.8 Å². The predicted octanol–water partition coefficient (Wildman–Crippen LogP) is 5.58. The lowest BCUT2D eigenvalue weighted by molar-refractivity contribution is -0.140. The van der Waals surface area contributed by atoms with E-state index in [-0.39, 0.29) is 23.4 Å². The number of nitrogens with one attached hydrogen (secondary N) is 1. The zero-order valence-electron chi connectivity index (χ0n) is 25.2. The summed E-state index contributed by atoms with van der Waals surface area (Å²) in [6.07, 6.45) is 6.14. The molecule has 230 valence electrons. The SMILES string of the molecule is CCOc1ccc(S(=O)(=O)N(CC(=O)N(CCc2ccccc2)[C@@H](CC)C(=O)NC2CCCCC2)c2ccccc2)cc1. The Balaban J connectivity index is 1.64. The highest BCUT2D eigenvalue weighted by atomic mass is 32.2. The number of hydrogen-bond donors (Lipinski definition) is 1. The molecule has 1 saturated carbocycles. The molecule has 0 bridgehead atoms. The second kappa shape index (κ2) is 15.6. The molecule has 1 aliphatic rings. The molecule has 1 fully saturated rings. The quantitative estimate of drug-likeness (QED) is 0.259. The zero-order valence-corrected chi connectivity index (χ0v) is 26.0. The van der Waals surface area contributed by atoms with Crippen molar-refractivity contribution in [3.63, 3.8) is 0 Å². The lowest BCUT2D eigenvalue weighted by atomic mass is 9.95. The van der Waals surface area contributed by atoms with Gasteiger partial charge in [0, 0.05) is 12.6 Å². The van der Waals surface area contributed by atoms with E-state index in [4.69, 9.17) is 4.74 Å². The molecule has 2 amide bonds. The first-order chi connectivity index (χ1) is 20.8. The summed E-state index contributed by atoms with van der Waals surface area (Å²) in [5.41, 5.74) is 1.40. The number of nitrogens with zero attached hydrogens (tertiary/aromatic N) is 2. The van der Waals surface area contributed by atoms with Gasteiger partial charge in [0.25, 0.3) is 10.0 Å². The van der Waals surface area contributed by atoms with Gasteiger partial charge in [-0.3, -0.25) is 13.9 Å². The average molecular weight is 606 g/mol. The molecule has 0 saturated heterocycles. The Kier molecular flexibility index (Phi) is 11.6. The maximum absolute atomic E-state index is 14.2. The standard InChI is InChI=1S/C34H43N3O5S/c1-3-32(34(39)35-28-16-10-6-11-17-28)36(25-24-27-14-8-5-9-15-27)33(38)26-37(29-18-12-7-13-19-29)43(40,41)31-22-20-30(21-23-31)42-4-2/h5,7-9,12-15,18-23,28,32H,3-4,6,10-11,16-17,24-26H2,1-2H3,(H,35,39)/t32-/m0/s1. The molecule has 0 spiro atoms. The van der Waals surface area contributed by atoms with Crippen LogP contribution in [0.2, 0.25) is 0 Å². The Morgan fingerprint density at radius 1 is 0.884 bits per heavy atom. The number of benzene rings is 3. The van der Waals surface area contributed by atoms with Crippen molar-refractivity contribution >= 4 is 27.5 Å². The van der Waals surface area contributed by atoms with Crippen LogP contribution in [0.25, 0.3) is 0 Å². The van der Waals surface area contributed by atoms with Gasteiger partial charge in [-0.2, -0.15) is 0 Å². The molecular formula is C34H43N3O5S. The highest BCUT2D eigenvalue weighted by molar-refractivity contribution is 7.92. The van der Waals surface area contributed by atoms with Gasteiger partial charge in [0.1, 0.15) is 18.3 Å². The lowest BCUT2D eigenvalue weighted by Gasteiger charge is -2.34. The molecule has 0 aromatic heterocycles. The fourth-order valence-corrected chi connectivity index (χ4v) is 6.98. The first-order valence-electron chi connectivity index (χ1n) is 15.3. The molecule has 4 rings (SSSR count). The van der Waals surface area contributed by atoms with E-state index < -0.39 is 28.5 Å². The van der Waals surface area contributed by atoms with Crippen molar-refractivity contribution in [1.82, 2.24) is 10.2 Å². The van der Waals surface area contributed by atoms with Gasteiger partial charge in [-0.05, 0) is 74.6 Å². The minimum atomic E-state index is -4.13. The van der Waals surface area contributed by atoms with Crippen molar-refractivity contribution in [2.24, 2.45) is 0 Å². The smallest absolute Gasteiger partial charge is 0.264 e. The van der Waals surface area contributed by atoms with Gasteiger partial charge in [-0.1, -0.05) is 74.7 Å². The summed E-state index contributed by atoms with van der Waals surface area (Å²) in [5, 5.41) is 3.18. The third-order valence-electron chi connectivity index (χ3n) is 7.87. The van der Waals surface area contributed by atoms with Gasteiger partial charge < -0.3 is 15.0 Å². The Morgan fingerprint density at radius 2 is 1.51 bits per heavy atom. The number of amides is 2. The zero-order chi connectivity index (χ0) is 30.7. The summed E-state index contributed by atoms with van der Waals surface area (Å²) < 4.78 is 34.6. The van der Waals surface area contributed by atoms with Crippen molar-refractivity contribution in [3.8, 4) is 5.75 Å². The van der Waals surface area contributed by atoms with Crippen LogP contribution in [0.4, 0.5) is 5.69 Å². The molecule has 0 radical (unpaired) electrons. The van der Waals surface area contributed by atoms with Crippen molar-refractivity contribution in [3.05, 3.63) is 90.5 Å². The summed E-state index contributed by atoms with van der Waals surface area (Å²) in [6.45, 7) is 4.05. The number of carbonyl (C=O) groups excluding carboxylic acids is 2. The van der Waals surface area contributed by atoms with Crippen LogP contribution in [0.3, 0.4) is 0 Å². The summed E-state index contributed by atoms with van der Waals surface area (Å²) in [6, 6.07) is 24.0. The summed E-state index contributed by atoms with van der Waals surface area (Å²) in [4.78, 5) is 29.4. The van der Waals surface area contributed by atoms with Crippen LogP contribution in [-0.4, -0.2) is 56.9 Å². The Labute approximate surface area is 256 Å². The summed E-state index contributed by atoms with van der Waals surface area (Å²) in [7, 11) is -4.13. The van der Waals surface area contributed by atoms with E-state index in [9.17, 15) is 18.0 Å². The Hall–Kier alpha value is -3.85. The summed E-state index contributed by atoms with van der Waals surface area (Å²) in [5.74, 6) is -0.0537. The second-order valence-corrected chi connectivity index (χ2v) is 12.7. The lowest BCUT2D eigenvalue weighted by Crippen LogP contribution is -2.54. The number of anilines is 1. The maximum atomic E-state index is 14.2. The first-order valence-corrected chi connectivity index (χ1v) is 16.7. The van der Waals surface area contributed by atoms with E-state index in [0.29, 0.717) is 30.9 Å². The van der Waals surface area contributed by atoms with Crippen LogP contribution in [-0.2, 0) is 26.0 Å². The topological polar surface area (TPSA) is 96.0 Å². The molecule has 1 N–H and O–H groups in total. The molecule has 1 aliphatic carbocycles. The van der Waals surface area contributed by atoms with E-state index >= 15 is 0 Å². The second-order valence-electron chi connectivity index (χ2n) is 10.8. The molecule has 8 nitrogen and oxygen atoms in total. The third kappa shape index (κ3) is 8.60. The highest BCUT2D eigenvalue weighted by Gasteiger charge is 2.34. The van der Waals surface area contributed by atoms with Gasteiger partial charge in [-0.15, -0.1) is 0 Å². The van der Waals surface area contributed by atoms with Crippen molar-refractivity contribution in [2.75, 3.05) is 24.0 Å². The van der Waals surface area contributed by atoms with E-state index in [1.54, 1.807) is 47.4 Å². The molecule has 1 atom stereocenters. The molecule has 3 aromatic carbocycles. The fraction of sp³-hybridized carbons (Fsp3) is 0.412. The molecule has 0 aliphatic heterocycles. The molecule has 0 heterocycles. The van der Waals surface area contributed by atoms with Crippen molar-refractivity contribution < 1.29 is 22.7 Å². The van der Waals surface area contributed by atoms with Gasteiger partial charge >= 0.3 is 0 Å². The van der Waals surface area contributed by atoms with E-state index in [1.165, 1.54) is 18.6 Å². The number of sulfonamides is 1. The number of para-hydroxylation sites is 1. The third-order valence-corrected chi connectivity index (χ3v) is 9.66. The van der Waals surface area contributed by atoms with Crippen LogP contribution in [0.1, 0.15) is 57.9 Å². The number of rotatable bonds is 14. The fourth-order valence-electron chi connectivity index (χ4n) is 5.56. The molecule has 0 unspecified atom stereocenters. The number of hydrogen-bond acceptors (Lipinski definition) is 5. The predicted molar refractivity (Wildman–Crippen MR) is 170 cm³/mol. The van der Waals surface area contributed by atoms with Crippen LogP contribution in [0.15, 0.2) is 89.8 Å². The van der Waals surface area contributed by atoms with Crippen LogP contribution < -0.4 is 14.4 Å². The Morgan fingerprint density at radius 3 is 2.12 bits per heavy atom. The van der Waals surface area contributed by atoms with Crippen LogP contribution in [0, 0.1) is 0 Å². The monoisotopic (exact) mass is 605 g/mol. The molecule has 3 aromatic rings. The highest BCUT2D eigenvalue weighted by Crippen LogP contribution is 2.26. The normalized spacial score (nSPS) is 14.5. The van der Waals surface area contributed by atoms with Gasteiger partial charge in [0.15, 0.2) is 0 Å². The van der Waals surface area contributed by atoms with E-state index in [2.05, 4.69) is 5.32 Å². The van der Waals surface area contributed by atoms with E-state index in [0.717, 1.165) is 35.6 Å². The first kappa shape index (κ1) is 32.1.